The number of benzene rings is 3. The molecule has 1 amide bonds. The summed E-state index contributed by atoms with van der Waals surface area (Å²) < 4.78 is 16.3. The van der Waals surface area contributed by atoms with Gasteiger partial charge in [0, 0.05) is 12.1 Å². The lowest BCUT2D eigenvalue weighted by Gasteiger charge is -2.11. The molecule has 3 aromatic rings. The van der Waals surface area contributed by atoms with E-state index in [1.807, 2.05) is 0 Å². The molecule has 0 atom stereocenters. The molecular formula is C24H21N3O7. The zero-order valence-electron chi connectivity index (χ0n) is 18.2. The minimum absolute atomic E-state index is 0.0753. The van der Waals surface area contributed by atoms with Crippen molar-refractivity contribution in [2.75, 3.05) is 13.2 Å². The SMILES string of the molecule is CCOc1cc(/C=N/NC(=O)COc2ccc([N+](=O)[O-])cc2)ccc1OC(=O)c1ccccc1. The predicted molar refractivity (Wildman–Crippen MR) is 123 cm³/mol. The first kappa shape index (κ1) is 23.9. The van der Waals surface area contributed by atoms with Crippen LogP contribution in [0, 0.1) is 10.1 Å². The molecule has 0 bridgehead atoms. The van der Waals surface area contributed by atoms with Gasteiger partial charge in [-0.15, -0.1) is 0 Å². The lowest BCUT2D eigenvalue weighted by atomic mass is 10.2. The molecule has 34 heavy (non-hydrogen) atoms. The molecule has 0 fully saturated rings. The van der Waals surface area contributed by atoms with Gasteiger partial charge >= 0.3 is 5.97 Å². The first-order valence-corrected chi connectivity index (χ1v) is 10.2. The Morgan fingerprint density at radius 3 is 2.41 bits per heavy atom. The van der Waals surface area contributed by atoms with Crippen molar-refractivity contribution in [3.63, 3.8) is 0 Å². The van der Waals surface area contributed by atoms with Crippen LogP contribution in [0.5, 0.6) is 17.2 Å². The van der Waals surface area contributed by atoms with Crippen molar-refractivity contribution < 1.29 is 28.7 Å². The van der Waals surface area contributed by atoms with Gasteiger partial charge in [0.05, 0.1) is 23.3 Å². The maximum atomic E-state index is 12.3. The number of carbonyl (C=O) groups is 2. The lowest BCUT2D eigenvalue weighted by molar-refractivity contribution is -0.384. The summed E-state index contributed by atoms with van der Waals surface area (Å²) in [5.74, 6) is -0.111. The van der Waals surface area contributed by atoms with Gasteiger partial charge in [-0.2, -0.15) is 5.10 Å². The number of hydrogen-bond acceptors (Lipinski definition) is 8. The van der Waals surface area contributed by atoms with Crippen LogP contribution in [0.3, 0.4) is 0 Å². The zero-order valence-corrected chi connectivity index (χ0v) is 18.2. The van der Waals surface area contributed by atoms with Crippen LogP contribution in [0.4, 0.5) is 5.69 Å². The summed E-state index contributed by atoms with van der Waals surface area (Å²) in [4.78, 5) is 34.4. The summed E-state index contributed by atoms with van der Waals surface area (Å²) in [5.41, 5.74) is 3.25. The van der Waals surface area contributed by atoms with Crippen molar-refractivity contribution in [1.82, 2.24) is 5.43 Å². The average Bonchev–Trinajstić information content (AvgIpc) is 2.85. The van der Waals surface area contributed by atoms with Crippen molar-refractivity contribution >= 4 is 23.8 Å². The van der Waals surface area contributed by atoms with Gasteiger partial charge in [0.15, 0.2) is 18.1 Å². The number of ether oxygens (including phenoxy) is 3. The van der Waals surface area contributed by atoms with Crippen molar-refractivity contribution in [1.29, 1.82) is 0 Å². The van der Waals surface area contributed by atoms with Crippen molar-refractivity contribution in [3.8, 4) is 17.2 Å². The van der Waals surface area contributed by atoms with Crippen LogP contribution in [-0.4, -0.2) is 36.2 Å². The second-order valence-electron chi connectivity index (χ2n) is 6.73. The highest BCUT2D eigenvalue weighted by Gasteiger charge is 2.13. The molecular weight excluding hydrogens is 442 g/mol. The molecule has 0 saturated heterocycles. The first-order valence-electron chi connectivity index (χ1n) is 10.2. The minimum Gasteiger partial charge on any atom is -0.490 e. The fourth-order valence-electron chi connectivity index (χ4n) is 2.71. The van der Waals surface area contributed by atoms with Crippen LogP contribution in [-0.2, 0) is 4.79 Å². The fraction of sp³-hybridized carbons (Fsp3) is 0.125. The first-order chi connectivity index (χ1) is 16.5. The third-order valence-corrected chi connectivity index (χ3v) is 4.30. The number of amides is 1. The van der Waals surface area contributed by atoms with E-state index in [-0.39, 0.29) is 18.0 Å². The quantitative estimate of drug-likeness (QED) is 0.159. The van der Waals surface area contributed by atoms with E-state index < -0.39 is 16.8 Å². The molecule has 0 radical (unpaired) electrons. The number of nitro benzene ring substituents is 1. The second kappa shape index (κ2) is 11.8. The Morgan fingerprint density at radius 2 is 1.74 bits per heavy atom. The molecule has 3 rings (SSSR count). The lowest BCUT2D eigenvalue weighted by Crippen LogP contribution is -2.24. The number of non-ortho nitro benzene ring substituents is 1. The van der Waals surface area contributed by atoms with Gasteiger partial charge in [-0.05, 0) is 55.0 Å². The number of esters is 1. The van der Waals surface area contributed by atoms with E-state index in [2.05, 4.69) is 10.5 Å². The molecule has 3 aromatic carbocycles. The number of hydrazone groups is 1. The topological polar surface area (TPSA) is 129 Å². The zero-order chi connectivity index (χ0) is 24.3. The van der Waals surface area contributed by atoms with Crippen LogP contribution in [0.2, 0.25) is 0 Å². The molecule has 0 unspecified atom stereocenters. The molecule has 0 spiro atoms. The summed E-state index contributed by atoms with van der Waals surface area (Å²) in [6.07, 6.45) is 1.40. The van der Waals surface area contributed by atoms with Crippen molar-refractivity contribution in [3.05, 3.63) is 94.0 Å². The van der Waals surface area contributed by atoms with Gasteiger partial charge in [-0.1, -0.05) is 18.2 Å². The smallest absolute Gasteiger partial charge is 0.343 e. The number of nitro groups is 1. The summed E-state index contributed by atoms with van der Waals surface area (Å²) in [6, 6.07) is 18.8. The van der Waals surface area contributed by atoms with E-state index in [1.54, 1.807) is 55.5 Å². The van der Waals surface area contributed by atoms with Crippen LogP contribution >= 0.6 is 0 Å². The van der Waals surface area contributed by atoms with E-state index in [4.69, 9.17) is 14.2 Å². The van der Waals surface area contributed by atoms with Gasteiger partial charge in [0.2, 0.25) is 0 Å². The minimum atomic E-state index is -0.526. The number of rotatable bonds is 10. The Hall–Kier alpha value is -4.73. The number of nitrogens with one attached hydrogen (secondary N) is 1. The van der Waals surface area contributed by atoms with Gasteiger partial charge in [0.1, 0.15) is 5.75 Å². The Morgan fingerprint density at radius 1 is 1.00 bits per heavy atom. The number of hydrogen-bond donors (Lipinski definition) is 1. The molecule has 10 heteroatoms. The van der Waals surface area contributed by atoms with E-state index in [9.17, 15) is 19.7 Å². The highest BCUT2D eigenvalue weighted by molar-refractivity contribution is 5.91. The van der Waals surface area contributed by atoms with Gasteiger partial charge in [0.25, 0.3) is 11.6 Å². The maximum Gasteiger partial charge on any atom is 0.343 e. The molecule has 10 nitrogen and oxygen atoms in total. The molecule has 0 aromatic heterocycles. The highest BCUT2D eigenvalue weighted by Crippen LogP contribution is 2.29. The molecule has 0 aliphatic rings. The second-order valence-corrected chi connectivity index (χ2v) is 6.73. The molecule has 0 saturated carbocycles. The summed E-state index contributed by atoms with van der Waals surface area (Å²) >= 11 is 0. The summed E-state index contributed by atoms with van der Waals surface area (Å²) in [6.45, 7) is 1.83. The molecule has 0 aliphatic heterocycles. The van der Waals surface area contributed by atoms with Gasteiger partial charge in [-0.25, -0.2) is 10.2 Å². The molecule has 0 heterocycles. The van der Waals surface area contributed by atoms with E-state index in [1.165, 1.54) is 30.5 Å². The maximum absolute atomic E-state index is 12.3. The summed E-state index contributed by atoms with van der Waals surface area (Å²) in [7, 11) is 0. The third kappa shape index (κ3) is 6.89. The van der Waals surface area contributed by atoms with Crippen molar-refractivity contribution in [2.45, 2.75) is 6.92 Å². The Bertz CT molecular complexity index is 1180. The van der Waals surface area contributed by atoms with E-state index in [0.717, 1.165) is 0 Å². The largest absolute Gasteiger partial charge is 0.490 e. The molecule has 174 valence electrons. The normalized spacial score (nSPS) is 10.5. The average molecular weight is 463 g/mol. The Kier molecular flexibility index (Phi) is 8.28. The van der Waals surface area contributed by atoms with E-state index in [0.29, 0.717) is 29.2 Å². The Balaban J connectivity index is 1.56. The van der Waals surface area contributed by atoms with Crippen LogP contribution < -0.4 is 19.6 Å². The predicted octanol–water partition coefficient (Wildman–Crippen LogP) is 3.74. The van der Waals surface area contributed by atoms with Gasteiger partial charge < -0.3 is 14.2 Å². The molecule has 1 N–H and O–H groups in total. The summed E-state index contributed by atoms with van der Waals surface area (Å²) in [5, 5.41) is 14.5. The van der Waals surface area contributed by atoms with Crippen LogP contribution in [0.25, 0.3) is 0 Å². The van der Waals surface area contributed by atoms with Crippen LogP contribution in [0.15, 0.2) is 77.9 Å². The fourth-order valence-corrected chi connectivity index (χ4v) is 2.71. The van der Waals surface area contributed by atoms with Crippen LogP contribution in [0.1, 0.15) is 22.8 Å². The molecule has 0 aliphatic carbocycles. The number of nitrogens with zero attached hydrogens (tertiary/aromatic N) is 2. The van der Waals surface area contributed by atoms with Crippen molar-refractivity contribution in [2.24, 2.45) is 5.10 Å². The number of carbonyl (C=O) groups excluding carboxylic acids is 2. The monoisotopic (exact) mass is 463 g/mol. The highest BCUT2D eigenvalue weighted by atomic mass is 16.6. The Labute approximate surface area is 194 Å². The van der Waals surface area contributed by atoms with Gasteiger partial charge in [-0.3, -0.25) is 14.9 Å². The third-order valence-electron chi connectivity index (χ3n) is 4.30. The standard InChI is InChI=1S/C24H21N3O7/c1-2-32-22-14-17(8-13-21(22)34-24(29)18-6-4-3-5-7-18)15-25-26-23(28)16-33-20-11-9-19(10-12-20)27(30)31/h3-15H,2,16H2,1H3,(H,26,28)/b25-15+. The van der Waals surface area contributed by atoms with E-state index >= 15 is 0 Å².